The summed E-state index contributed by atoms with van der Waals surface area (Å²) in [5.41, 5.74) is -0.277. The minimum Gasteiger partial charge on any atom is -0.495 e. The van der Waals surface area contributed by atoms with Crippen LogP contribution < -0.4 is 4.74 Å². The van der Waals surface area contributed by atoms with Gasteiger partial charge in [-0.3, -0.25) is 4.98 Å². The summed E-state index contributed by atoms with van der Waals surface area (Å²) in [4.78, 5) is 3.77. The van der Waals surface area contributed by atoms with E-state index in [0.717, 1.165) is 0 Å². The fourth-order valence-electron chi connectivity index (χ4n) is 1.17. The Hall–Kier alpha value is -1.22. The number of aromatic nitrogens is 1. The topological polar surface area (TPSA) is 45.9 Å². The smallest absolute Gasteiger partial charge is 0.269 e. The van der Waals surface area contributed by atoms with E-state index in [-0.39, 0.29) is 23.4 Å². The standard InChI is InChI=1S/C9H7BrF2N2O/c1-15-8-5(10)4-14-6(2-3-13)7(8)9(11)12/h4,9H,2H2,1H3. The van der Waals surface area contributed by atoms with Crippen LogP contribution in [0.5, 0.6) is 5.75 Å². The largest absolute Gasteiger partial charge is 0.495 e. The highest BCUT2D eigenvalue weighted by molar-refractivity contribution is 9.10. The van der Waals surface area contributed by atoms with Crippen molar-refractivity contribution in [3.63, 3.8) is 0 Å². The summed E-state index contributed by atoms with van der Waals surface area (Å²) in [5.74, 6) is 0.0326. The van der Waals surface area contributed by atoms with Gasteiger partial charge < -0.3 is 4.74 Å². The van der Waals surface area contributed by atoms with Crippen LogP contribution in [0.1, 0.15) is 17.7 Å². The number of pyridine rings is 1. The Balaban J connectivity index is 3.36. The summed E-state index contributed by atoms with van der Waals surface area (Å²) in [5, 5.41) is 8.47. The average molecular weight is 277 g/mol. The molecule has 0 aliphatic carbocycles. The van der Waals surface area contributed by atoms with E-state index in [4.69, 9.17) is 10.00 Å². The molecule has 1 aromatic heterocycles. The van der Waals surface area contributed by atoms with Crippen LogP contribution in [-0.2, 0) is 6.42 Å². The molecule has 0 amide bonds. The van der Waals surface area contributed by atoms with Crippen LogP contribution in [0.25, 0.3) is 0 Å². The number of ether oxygens (including phenoxy) is 1. The predicted molar refractivity (Wildman–Crippen MR) is 52.8 cm³/mol. The maximum absolute atomic E-state index is 12.7. The van der Waals surface area contributed by atoms with Crippen molar-refractivity contribution < 1.29 is 13.5 Å². The van der Waals surface area contributed by atoms with Gasteiger partial charge in [0, 0.05) is 6.20 Å². The lowest BCUT2D eigenvalue weighted by atomic mass is 10.1. The van der Waals surface area contributed by atoms with E-state index >= 15 is 0 Å². The summed E-state index contributed by atoms with van der Waals surface area (Å²) < 4.78 is 30.7. The van der Waals surface area contributed by atoms with Crippen molar-refractivity contribution in [2.75, 3.05) is 7.11 Å². The van der Waals surface area contributed by atoms with E-state index in [1.54, 1.807) is 6.07 Å². The molecule has 0 aliphatic heterocycles. The predicted octanol–water partition coefficient (Wildman–Crippen LogP) is 2.86. The van der Waals surface area contributed by atoms with Gasteiger partial charge in [-0.2, -0.15) is 5.26 Å². The molecule has 0 saturated heterocycles. The molecule has 0 bridgehead atoms. The van der Waals surface area contributed by atoms with Crippen LogP contribution in [0.2, 0.25) is 0 Å². The number of halogens is 3. The van der Waals surface area contributed by atoms with Gasteiger partial charge in [-0.25, -0.2) is 8.78 Å². The van der Waals surface area contributed by atoms with Crippen molar-refractivity contribution in [2.24, 2.45) is 0 Å². The van der Waals surface area contributed by atoms with E-state index in [1.807, 2.05) is 0 Å². The zero-order valence-electron chi connectivity index (χ0n) is 7.80. The first-order valence-electron chi connectivity index (χ1n) is 3.98. The van der Waals surface area contributed by atoms with Gasteiger partial charge in [-0.15, -0.1) is 0 Å². The van der Waals surface area contributed by atoms with Crippen molar-refractivity contribution in [3.05, 3.63) is 21.9 Å². The number of nitriles is 1. The lowest BCUT2D eigenvalue weighted by Crippen LogP contribution is -2.02. The second kappa shape index (κ2) is 5.03. The SMILES string of the molecule is COc1c(Br)cnc(CC#N)c1C(F)F. The minimum atomic E-state index is -2.71. The molecule has 1 aromatic rings. The summed E-state index contributed by atoms with van der Waals surface area (Å²) in [6.45, 7) is 0. The Morgan fingerprint density at radius 1 is 1.67 bits per heavy atom. The Kier molecular flexibility index (Phi) is 3.97. The van der Waals surface area contributed by atoms with Gasteiger partial charge in [0.15, 0.2) is 0 Å². The second-order valence-corrected chi connectivity index (χ2v) is 3.49. The van der Waals surface area contributed by atoms with Crippen molar-refractivity contribution >= 4 is 15.9 Å². The van der Waals surface area contributed by atoms with Gasteiger partial charge in [0.05, 0.1) is 35.3 Å². The second-order valence-electron chi connectivity index (χ2n) is 2.64. The number of hydrogen-bond acceptors (Lipinski definition) is 3. The highest BCUT2D eigenvalue weighted by atomic mass is 79.9. The molecule has 6 heteroatoms. The average Bonchev–Trinajstić information content (AvgIpc) is 2.20. The fraction of sp³-hybridized carbons (Fsp3) is 0.333. The Labute approximate surface area is 93.8 Å². The third-order valence-electron chi connectivity index (χ3n) is 1.78. The Bertz CT molecular complexity index is 404. The molecule has 1 heterocycles. The molecule has 0 radical (unpaired) electrons. The molecule has 0 aliphatic rings. The lowest BCUT2D eigenvalue weighted by molar-refractivity contribution is 0.145. The first kappa shape index (κ1) is 11.9. The van der Waals surface area contributed by atoms with Crippen LogP contribution >= 0.6 is 15.9 Å². The summed E-state index contributed by atoms with van der Waals surface area (Å²) in [7, 11) is 1.29. The van der Waals surface area contributed by atoms with Gasteiger partial charge in [0.1, 0.15) is 5.75 Å². The van der Waals surface area contributed by atoms with E-state index in [2.05, 4.69) is 20.9 Å². The number of nitrogens with zero attached hydrogens (tertiary/aromatic N) is 2. The molecule has 0 saturated carbocycles. The number of methoxy groups -OCH3 is 1. The van der Waals surface area contributed by atoms with Gasteiger partial charge in [0.25, 0.3) is 6.43 Å². The molecular formula is C9H7BrF2N2O. The molecule has 0 N–H and O–H groups in total. The molecule has 0 spiro atoms. The van der Waals surface area contributed by atoms with Crippen LogP contribution in [0.3, 0.4) is 0 Å². The molecule has 1 rings (SSSR count). The third-order valence-corrected chi connectivity index (χ3v) is 2.34. The van der Waals surface area contributed by atoms with Gasteiger partial charge in [0.2, 0.25) is 0 Å². The summed E-state index contributed by atoms with van der Waals surface area (Å²) >= 11 is 3.06. The van der Waals surface area contributed by atoms with Crippen molar-refractivity contribution in [2.45, 2.75) is 12.8 Å². The number of hydrogen-bond donors (Lipinski definition) is 0. The molecule has 0 unspecified atom stereocenters. The zero-order valence-corrected chi connectivity index (χ0v) is 9.38. The van der Waals surface area contributed by atoms with Gasteiger partial charge >= 0.3 is 0 Å². The maximum Gasteiger partial charge on any atom is 0.269 e. The normalized spacial score (nSPS) is 10.1. The first-order chi connectivity index (χ1) is 7.11. The van der Waals surface area contributed by atoms with E-state index in [1.165, 1.54) is 13.3 Å². The Morgan fingerprint density at radius 3 is 2.80 bits per heavy atom. The third kappa shape index (κ3) is 2.42. The van der Waals surface area contributed by atoms with E-state index in [9.17, 15) is 8.78 Å². The highest BCUT2D eigenvalue weighted by Crippen LogP contribution is 2.36. The first-order valence-corrected chi connectivity index (χ1v) is 4.77. The molecule has 15 heavy (non-hydrogen) atoms. The van der Waals surface area contributed by atoms with E-state index in [0.29, 0.717) is 4.47 Å². The number of alkyl halides is 2. The molecule has 0 fully saturated rings. The molecule has 0 aromatic carbocycles. The maximum atomic E-state index is 12.7. The fourth-order valence-corrected chi connectivity index (χ4v) is 1.65. The summed E-state index contributed by atoms with van der Waals surface area (Å²) in [6, 6.07) is 1.78. The lowest BCUT2D eigenvalue weighted by Gasteiger charge is -2.12. The van der Waals surface area contributed by atoms with Gasteiger partial charge in [-0.05, 0) is 15.9 Å². The van der Waals surface area contributed by atoms with Crippen LogP contribution in [0.4, 0.5) is 8.78 Å². The Morgan fingerprint density at radius 2 is 2.33 bits per heavy atom. The van der Waals surface area contributed by atoms with Crippen molar-refractivity contribution in [1.29, 1.82) is 5.26 Å². The van der Waals surface area contributed by atoms with Gasteiger partial charge in [-0.1, -0.05) is 0 Å². The monoisotopic (exact) mass is 276 g/mol. The molecular weight excluding hydrogens is 270 g/mol. The van der Waals surface area contributed by atoms with E-state index < -0.39 is 6.43 Å². The minimum absolute atomic E-state index is 0.0326. The molecule has 0 atom stereocenters. The summed E-state index contributed by atoms with van der Waals surface area (Å²) in [6.07, 6.45) is -1.53. The van der Waals surface area contributed by atoms with Crippen LogP contribution in [0.15, 0.2) is 10.7 Å². The van der Waals surface area contributed by atoms with Crippen LogP contribution in [-0.4, -0.2) is 12.1 Å². The van der Waals surface area contributed by atoms with Crippen LogP contribution in [0, 0.1) is 11.3 Å². The van der Waals surface area contributed by atoms with Crippen molar-refractivity contribution in [1.82, 2.24) is 4.98 Å². The highest BCUT2D eigenvalue weighted by Gasteiger charge is 2.22. The number of rotatable bonds is 3. The van der Waals surface area contributed by atoms with Crippen molar-refractivity contribution in [3.8, 4) is 11.8 Å². The quantitative estimate of drug-likeness (QED) is 0.853. The molecule has 3 nitrogen and oxygen atoms in total. The zero-order chi connectivity index (χ0) is 11.4. The molecule has 80 valence electrons.